The van der Waals surface area contributed by atoms with Crippen molar-refractivity contribution in [3.05, 3.63) is 11.9 Å². The van der Waals surface area contributed by atoms with Gasteiger partial charge in [0.25, 0.3) is 0 Å². The van der Waals surface area contributed by atoms with Gasteiger partial charge >= 0.3 is 0 Å². The number of anilines is 2. The Bertz CT molecular complexity index is 456. The Kier molecular flexibility index (Phi) is 4.16. The van der Waals surface area contributed by atoms with E-state index >= 15 is 0 Å². The molecule has 2 rings (SSSR count). The summed E-state index contributed by atoms with van der Waals surface area (Å²) >= 11 is 0. The first-order valence-corrected chi connectivity index (χ1v) is 6.48. The van der Waals surface area contributed by atoms with Gasteiger partial charge in [-0.2, -0.15) is 0 Å². The third-order valence-electron chi connectivity index (χ3n) is 3.44. The summed E-state index contributed by atoms with van der Waals surface area (Å²) in [4.78, 5) is 23.9. The normalized spacial score (nSPS) is 15.5. The molecule has 0 spiro atoms. The molecule has 1 aliphatic heterocycles. The van der Waals surface area contributed by atoms with Crippen molar-refractivity contribution in [1.82, 2.24) is 14.9 Å². The van der Waals surface area contributed by atoms with Gasteiger partial charge in [-0.15, -0.1) is 0 Å². The van der Waals surface area contributed by atoms with Crippen LogP contribution in [0.4, 0.5) is 11.6 Å². The van der Waals surface area contributed by atoms with E-state index in [-0.39, 0.29) is 5.91 Å². The summed E-state index contributed by atoms with van der Waals surface area (Å²) in [6, 6.07) is 0. The van der Waals surface area contributed by atoms with Gasteiger partial charge in [0.1, 0.15) is 18.0 Å². The smallest absolute Gasteiger partial charge is 0.219 e. The predicted molar refractivity (Wildman–Crippen MR) is 73.7 cm³/mol. The van der Waals surface area contributed by atoms with Crippen LogP contribution in [0.1, 0.15) is 19.4 Å². The van der Waals surface area contributed by atoms with Crippen LogP contribution >= 0.6 is 0 Å². The first kappa shape index (κ1) is 13.5. The molecule has 1 aromatic rings. The minimum Gasteiger partial charge on any atom is -0.353 e. The zero-order valence-electron chi connectivity index (χ0n) is 11.4. The molecule has 0 bridgehead atoms. The summed E-state index contributed by atoms with van der Waals surface area (Å²) in [5.74, 6) is 7.18. The van der Waals surface area contributed by atoms with Crippen LogP contribution in [0.2, 0.25) is 0 Å². The van der Waals surface area contributed by atoms with Crippen LogP contribution in [-0.4, -0.2) is 47.0 Å². The summed E-state index contributed by atoms with van der Waals surface area (Å²) in [7, 11) is 0. The molecule has 0 atom stereocenters. The van der Waals surface area contributed by atoms with Gasteiger partial charge in [-0.25, -0.2) is 15.8 Å². The van der Waals surface area contributed by atoms with Gasteiger partial charge in [0.2, 0.25) is 5.91 Å². The number of nitrogen functional groups attached to an aromatic ring is 1. The van der Waals surface area contributed by atoms with E-state index in [0.29, 0.717) is 5.82 Å². The van der Waals surface area contributed by atoms with Gasteiger partial charge in [-0.05, 0) is 6.42 Å². The van der Waals surface area contributed by atoms with E-state index in [9.17, 15) is 4.79 Å². The van der Waals surface area contributed by atoms with Crippen LogP contribution in [0.15, 0.2) is 6.33 Å². The largest absolute Gasteiger partial charge is 0.353 e. The molecule has 0 radical (unpaired) electrons. The molecule has 7 nitrogen and oxygen atoms in total. The fraction of sp³-hybridized carbons (Fsp3) is 0.583. The first-order valence-electron chi connectivity index (χ1n) is 6.48. The molecule has 1 aromatic heterocycles. The highest BCUT2D eigenvalue weighted by molar-refractivity contribution is 5.73. The molecule has 2 heterocycles. The Hall–Kier alpha value is -1.89. The summed E-state index contributed by atoms with van der Waals surface area (Å²) in [6.45, 7) is 6.69. The van der Waals surface area contributed by atoms with E-state index in [4.69, 9.17) is 5.84 Å². The van der Waals surface area contributed by atoms with Crippen molar-refractivity contribution in [3.63, 3.8) is 0 Å². The number of nitrogens with two attached hydrogens (primary N) is 1. The van der Waals surface area contributed by atoms with Gasteiger partial charge in [0.05, 0.1) is 0 Å². The minimum absolute atomic E-state index is 0.127. The van der Waals surface area contributed by atoms with Crippen molar-refractivity contribution >= 4 is 17.5 Å². The van der Waals surface area contributed by atoms with E-state index in [1.54, 1.807) is 6.92 Å². The molecule has 1 saturated heterocycles. The highest BCUT2D eigenvalue weighted by atomic mass is 16.2. The fourth-order valence-corrected chi connectivity index (χ4v) is 2.36. The summed E-state index contributed by atoms with van der Waals surface area (Å²) in [6.07, 6.45) is 2.32. The highest BCUT2D eigenvalue weighted by Crippen LogP contribution is 2.24. The number of nitrogens with zero attached hydrogens (tertiary/aromatic N) is 4. The van der Waals surface area contributed by atoms with Crippen LogP contribution in [0.5, 0.6) is 0 Å². The zero-order chi connectivity index (χ0) is 13.8. The Morgan fingerprint density at radius 1 is 1.37 bits per heavy atom. The van der Waals surface area contributed by atoms with Gasteiger partial charge in [0.15, 0.2) is 0 Å². The maximum Gasteiger partial charge on any atom is 0.219 e. The van der Waals surface area contributed by atoms with Crippen molar-refractivity contribution in [1.29, 1.82) is 0 Å². The second kappa shape index (κ2) is 5.83. The fourth-order valence-electron chi connectivity index (χ4n) is 2.36. The number of piperazine rings is 1. The molecule has 19 heavy (non-hydrogen) atoms. The Labute approximate surface area is 112 Å². The number of carbonyl (C=O) groups excluding carboxylic acids is 1. The van der Waals surface area contributed by atoms with Crippen molar-refractivity contribution in [2.75, 3.05) is 36.5 Å². The summed E-state index contributed by atoms with van der Waals surface area (Å²) < 4.78 is 0. The van der Waals surface area contributed by atoms with Crippen molar-refractivity contribution < 1.29 is 4.79 Å². The molecule has 0 saturated carbocycles. The van der Waals surface area contributed by atoms with E-state index in [1.807, 2.05) is 4.90 Å². The molecule has 1 fully saturated rings. The Morgan fingerprint density at radius 3 is 2.58 bits per heavy atom. The van der Waals surface area contributed by atoms with Crippen LogP contribution in [0.3, 0.4) is 0 Å². The lowest BCUT2D eigenvalue weighted by atomic mass is 10.2. The highest BCUT2D eigenvalue weighted by Gasteiger charge is 2.22. The zero-order valence-corrected chi connectivity index (χ0v) is 11.4. The molecule has 0 unspecified atom stereocenters. The van der Waals surface area contributed by atoms with Crippen LogP contribution < -0.4 is 16.2 Å². The SMILES string of the molecule is CCc1c(NN)ncnc1N1CCN(C(C)=O)CC1. The van der Waals surface area contributed by atoms with E-state index < -0.39 is 0 Å². The average Bonchev–Trinajstić information content (AvgIpc) is 2.46. The molecule has 0 aromatic carbocycles. The van der Waals surface area contributed by atoms with Crippen LogP contribution in [0.25, 0.3) is 0 Å². The molecule has 3 N–H and O–H groups in total. The lowest BCUT2D eigenvalue weighted by Gasteiger charge is -2.35. The van der Waals surface area contributed by atoms with Gasteiger partial charge in [0, 0.05) is 38.7 Å². The Balaban J connectivity index is 2.17. The monoisotopic (exact) mass is 264 g/mol. The molecular weight excluding hydrogens is 244 g/mol. The number of aromatic nitrogens is 2. The Morgan fingerprint density at radius 2 is 2.05 bits per heavy atom. The first-order chi connectivity index (χ1) is 9.17. The van der Waals surface area contributed by atoms with E-state index in [1.165, 1.54) is 6.33 Å². The third kappa shape index (κ3) is 2.76. The molecule has 104 valence electrons. The summed E-state index contributed by atoms with van der Waals surface area (Å²) in [5, 5.41) is 0. The minimum atomic E-state index is 0.127. The number of carbonyl (C=O) groups is 1. The number of nitrogens with one attached hydrogen (secondary N) is 1. The van der Waals surface area contributed by atoms with Gasteiger partial charge in [-0.1, -0.05) is 6.92 Å². The van der Waals surface area contributed by atoms with Gasteiger partial charge < -0.3 is 15.2 Å². The van der Waals surface area contributed by atoms with Gasteiger partial charge in [-0.3, -0.25) is 4.79 Å². The molecular formula is C12H20N6O. The average molecular weight is 264 g/mol. The topological polar surface area (TPSA) is 87.4 Å². The third-order valence-corrected chi connectivity index (χ3v) is 3.44. The maximum absolute atomic E-state index is 11.3. The lowest BCUT2D eigenvalue weighted by molar-refractivity contribution is -0.129. The standard InChI is InChI=1S/C12H20N6O/c1-3-10-11(16-13)14-8-15-12(10)18-6-4-17(5-7-18)9(2)19/h8H,3-7,13H2,1-2H3,(H,14,15,16). The molecule has 1 aliphatic rings. The summed E-state index contributed by atoms with van der Waals surface area (Å²) in [5.41, 5.74) is 3.63. The number of hydrazine groups is 1. The number of hydrogen-bond acceptors (Lipinski definition) is 6. The second-order valence-electron chi connectivity index (χ2n) is 4.52. The van der Waals surface area contributed by atoms with Crippen LogP contribution in [0, 0.1) is 0 Å². The van der Waals surface area contributed by atoms with E-state index in [2.05, 4.69) is 27.2 Å². The molecule has 0 aliphatic carbocycles. The molecule has 7 heteroatoms. The van der Waals surface area contributed by atoms with Crippen molar-refractivity contribution in [3.8, 4) is 0 Å². The van der Waals surface area contributed by atoms with Crippen LogP contribution in [-0.2, 0) is 11.2 Å². The van der Waals surface area contributed by atoms with E-state index in [0.717, 1.165) is 44.0 Å². The quantitative estimate of drug-likeness (QED) is 0.590. The number of amides is 1. The maximum atomic E-state index is 11.3. The predicted octanol–water partition coefficient (Wildman–Crippen LogP) is -0.00690. The molecule has 1 amide bonds. The number of hydrogen-bond donors (Lipinski definition) is 2. The van der Waals surface area contributed by atoms with Crippen molar-refractivity contribution in [2.24, 2.45) is 5.84 Å². The lowest BCUT2D eigenvalue weighted by Crippen LogP contribution is -2.48. The van der Waals surface area contributed by atoms with Crippen molar-refractivity contribution in [2.45, 2.75) is 20.3 Å². The number of rotatable bonds is 3. The second-order valence-corrected chi connectivity index (χ2v) is 4.52.